The van der Waals surface area contributed by atoms with Crippen molar-refractivity contribution in [2.45, 2.75) is 12.0 Å². The predicted octanol–water partition coefficient (Wildman–Crippen LogP) is 0.543. The quantitative estimate of drug-likeness (QED) is 0.758. The summed E-state index contributed by atoms with van der Waals surface area (Å²) >= 11 is 0. The van der Waals surface area contributed by atoms with E-state index in [1.54, 1.807) is 12.4 Å². The van der Waals surface area contributed by atoms with E-state index in [4.69, 9.17) is 10.5 Å². The number of nitrogens with two attached hydrogens (primary N) is 1. The van der Waals surface area contributed by atoms with Gasteiger partial charge in [0.15, 0.2) is 0 Å². The second-order valence-electron chi connectivity index (χ2n) is 4.32. The van der Waals surface area contributed by atoms with Crippen LogP contribution in [0, 0.1) is 0 Å². The molecule has 0 bridgehead atoms. The molecule has 0 aromatic carbocycles. The minimum Gasteiger partial charge on any atom is -0.379 e. The molecule has 84 valence electrons. The summed E-state index contributed by atoms with van der Waals surface area (Å²) in [5.41, 5.74) is 7.81. The fraction of sp³-hybridized carbons (Fsp3) is 0.455. The Morgan fingerprint density at radius 3 is 3.12 bits per heavy atom. The third-order valence-electron chi connectivity index (χ3n) is 3.18. The smallest absolute Gasteiger partial charge is 0.132 e. The van der Waals surface area contributed by atoms with Gasteiger partial charge in [0.05, 0.1) is 18.3 Å². The van der Waals surface area contributed by atoms with Gasteiger partial charge in [-0.2, -0.15) is 0 Å². The number of fused-ring (bicyclic) bond motifs is 1. The average Bonchev–Trinajstić information content (AvgIpc) is 2.86. The van der Waals surface area contributed by atoms with Crippen LogP contribution in [-0.4, -0.2) is 27.7 Å². The van der Waals surface area contributed by atoms with Crippen LogP contribution in [0.4, 0.5) is 0 Å². The Morgan fingerprint density at radius 1 is 1.56 bits per heavy atom. The molecule has 1 unspecified atom stereocenters. The van der Waals surface area contributed by atoms with Gasteiger partial charge >= 0.3 is 0 Å². The lowest BCUT2D eigenvalue weighted by Crippen LogP contribution is -2.39. The fourth-order valence-electron chi connectivity index (χ4n) is 2.25. The summed E-state index contributed by atoms with van der Waals surface area (Å²) < 4.78 is 7.40. The van der Waals surface area contributed by atoms with Gasteiger partial charge in [0.2, 0.25) is 0 Å². The molecule has 2 aromatic heterocycles. The first-order valence-corrected chi connectivity index (χ1v) is 5.34. The van der Waals surface area contributed by atoms with Crippen LogP contribution in [0.5, 0.6) is 0 Å². The maximum absolute atomic E-state index is 6.32. The van der Waals surface area contributed by atoms with Gasteiger partial charge in [0.25, 0.3) is 0 Å². The number of ether oxygens (including phenoxy) is 1. The van der Waals surface area contributed by atoms with Gasteiger partial charge in [-0.3, -0.25) is 4.98 Å². The highest BCUT2D eigenvalue weighted by Crippen LogP contribution is 2.28. The molecule has 1 atom stereocenters. The number of pyridine rings is 1. The van der Waals surface area contributed by atoms with Crippen LogP contribution in [-0.2, 0) is 17.3 Å². The third-order valence-corrected chi connectivity index (χ3v) is 3.18. The van der Waals surface area contributed by atoms with Crippen molar-refractivity contribution < 1.29 is 4.74 Å². The molecule has 3 heterocycles. The third kappa shape index (κ3) is 1.25. The molecule has 5 heteroatoms. The van der Waals surface area contributed by atoms with Gasteiger partial charge in [-0.05, 0) is 12.5 Å². The fourth-order valence-corrected chi connectivity index (χ4v) is 2.25. The highest BCUT2D eigenvalue weighted by atomic mass is 16.5. The van der Waals surface area contributed by atoms with E-state index in [1.807, 2.05) is 17.7 Å². The van der Waals surface area contributed by atoms with E-state index in [2.05, 4.69) is 9.97 Å². The SMILES string of the molecule is Cn1c(C2(N)CCOC2)nc2cnccc21. The van der Waals surface area contributed by atoms with Gasteiger partial charge in [-0.25, -0.2) is 4.98 Å². The number of aryl methyl sites for hydroxylation is 1. The van der Waals surface area contributed by atoms with Crippen molar-refractivity contribution in [3.8, 4) is 0 Å². The van der Waals surface area contributed by atoms with Crippen molar-refractivity contribution in [1.29, 1.82) is 0 Å². The van der Waals surface area contributed by atoms with E-state index >= 15 is 0 Å². The topological polar surface area (TPSA) is 66.0 Å². The lowest BCUT2D eigenvalue weighted by molar-refractivity contribution is 0.175. The van der Waals surface area contributed by atoms with Crippen molar-refractivity contribution in [3.05, 3.63) is 24.3 Å². The molecule has 0 aliphatic carbocycles. The summed E-state index contributed by atoms with van der Waals surface area (Å²) in [6.45, 7) is 1.25. The molecule has 2 N–H and O–H groups in total. The van der Waals surface area contributed by atoms with Crippen LogP contribution >= 0.6 is 0 Å². The number of aromatic nitrogens is 3. The zero-order chi connectivity index (χ0) is 11.2. The van der Waals surface area contributed by atoms with E-state index < -0.39 is 5.54 Å². The molecule has 3 rings (SSSR count). The average molecular weight is 218 g/mol. The van der Waals surface area contributed by atoms with Gasteiger partial charge in [-0.15, -0.1) is 0 Å². The molecule has 16 heavy (non-hydrogen) atoms. The van der Waals surface area contributed by atoms with Crippen LogP contribution in [0.1, 0.15) is 12.2 Å². The molecule has 0 radical (unpaired) electrons. The highest BCUT2D eigenvalue weighted by Gasteiger charge is 2.36. The first-order valence-electron chi connectivity index (χ1n) is 5.34. The summed E-state index contributed by atoms with van der Waals surface area (Å²) in [4.78, 5) is 8.63. The lowest BCUT2D eigenvalue weighted by atomic mass is 9.99. The molecule has 1 aliphatic rings. The van der Waals surface area contributed by atoms with Crippen molar-refractivity contribution in [2.24, 2.45) is 12.8 Å². The second kappa shape index (κ2) is 3.26. The standard InChI is InChI=1S/C11H14N4O/c1-15-9-2-4-13-6-8(9)14-10(15)11(12)3-5-16-7-11/h2,4,6H,3,5,7,12H2,1H3. The van der Waals surface area contributed by atoms with Gasteiger partial charge in [0, 0.05) is 19.9 Å². The van der Waals surface area contributed by atoms with E-state index in [-0.39, 0.29) is 0 Å². The Balaban J connectivity index is 2.20. The number of imidazole rings is 1. The molecule has 2 aromatic rings. The number of hydrogen-bond acceptors (Lipinski definition) is 4. The Kier molecular flexibility index (Phi) is 1.99. The van der Waals surface area contributed by atoms with Crippen LogP contribution in [0.2, 0.25) is 0 Å². The molecule has 0 saturated carbocycles. The second-order valence-corrected chi connectivity index (χ2v) is 4.32. The number of nitrogens with zero attached hydrogens (tertiary/aromatic N) is 3. The maximum Gasteiger partial charge on any atom is 0.132 e. The monoisotopic (exact) mass is 218 g/mol. The number of rotatable bonds is 1. The van der Waals surface area contributed by atoms with Crippen molar-refractivity contribution in [1.82, 2.24) is 14.5 Å². The summed E-state index contributed by atoms with van der Waals surface area (Å²) in [7, 11) is 1.98. The molecule has 0 amide bonds. The molecule has 5 nitrogen and oxygen atoms in total. The summed E-state index contributed by atoms with van der Waals surface area (Å²) in [6.07, 6.45) is 4.34. The first kappa shape index (κ1) is 9.74. The molecular formula is C11H14N4O. The van der Waals surface area contributed by atoms with E-state index in [0.29, 0.717) is 13.2 Å². The van der Waals surface area contributed by atoms with Crippen LogP contribution in [0.15, 0.2) is 18.5 Å². The summed E-state index contributed by atoms with van der Waals surface area (Å²) in [5, 5.41) is 0. The number of hydrogen-bond donors (Lipinski definition) is 1. The molecule has 0 spiro atoms. The van der Waals surface area contributed by atoms with Crippen molar-refractivity contribution in [2.75, 3.05) is 13.2 Å². The Morgan fingerprint density at radius 2 is 2.44 bits per heavy atom. The highest BCUT2D eigenvalue weighted by molar-refractivity contribution is 5.74. The molecule has 1 fully saturated rings. The van der Waals surface area contributed by atoms with Gasteiger partial charge in [0.1, 0.15) is 16.9 Å². The van der Waals surface area contributed by atoms with Crippen molar-refractivity contribution in [3.63, 3.8) is 0 Å². The van der Waals surface area contributed by atoms with Gasteiger partial charge < -0.3 is 15.0 Å². The summed E-state index contributed by atoms with van der Waals surface area (Å²) in [6, 6.07) is 1.95. The first-order chi connectivity index (χ1) is 7.71. The van der Waals surface area contributed by atoms with Crippen molar-refractivity contribution >= 4 is 11.0 Å². The Labute approximate surface area is 93.2 Å². The van der Waals surface area contributed by atoms with Crippen LogP contribution < -0.4 is 5.73 Å². The normalized spacial score (nSPS) is 25.4. The van der Waals surface area contributed by atoms with Gasteiger partial charge in [-0.1, -0.05) is 0 Å². The zero-order valence-electron chi connectivity index (χ0n) is 9.18. The molecular weight excluding hydrogens is 204 g/mol. The maximum atomic E-state index is 6.32. The van der Waals surface area contributed by atoms with E-state index in [1.165, 1.54) is 0 Å². The minimum absolute atomic E-state index is 0.451. The Bertz CT molecular complexity index is 528. The molecule has 1 aliphatic heterocycles. The van der Waals surface area contributed by atoms with E-state index in [0.717, 1.165) is 23.3 Å². The van der Waals surface area contributed by atoms with E-state index in [9.17, 15) is 0 Å². The Hall–Kier alpha value is -1.46. The lowest BCUT2D eigenvalue weighted by Gasteiger charge is -2.20. The molecule has 1 saturated heterocycles. The zero-order valence-corrected chi connectivity index (χ0v) is 9.18. The minimum atomic E-state index is -0.451. The van der Waals surface area contributed by atoms with Crippen LogP contribution in [0.25, 0.3) is 11.0 Å². The largest absolute Gasteiger partial charge is 0.379 e. The van der Waals surface area contributed by atoms with Crippen LogP contribution in [0.3, 0.4) is 0 Å². The predicted molar refractivity (Wildman–Crippen MR) is 59.8 cm³/mol. The summed E-state index contributed by atoms with van der Waals surface area (Å²) in [5.74, 6) is 0.882.